The lowest BCUT2D eigenvalue weighted by Crippen LogP contribution is -2.43. The van der Waals surface area contributed by atoms with Gasteiger partial charge in [0.2, 0.25) is 5.91 Å². The fourth-order valence-electron chi connectivity index (χ4n) is 4.96. The maximum absolute atomic E-state index is 13.9. The summed E-state index contributed by atoms with van der Waals surface area (Å²) in [5, 5.41) is 1.18. The molecule has 3 aromatic carbocycles. The van der Waals surface area contributed by atoms with Crippen molar-refractivity contribution in [2.75, 3.05) is 19.6 Å². The standard InChI is InChI=1S/C35H43N3O2/c1-6-7-21-38(34(40)28-16-12-26(2)13-17-28)25-33(39)37(24-27-14-18-30(19-15-27)35(3,4)5)22-20-29-23-36-32-11-9-8-10-31(29)32/h8-19,23,36H,6-7,20-22,24-25H2,1-5H3. The van der Waals surface area contributed by atoms with Crippen molar-refractivity contribution in [1.29, 1.82) is 0 Å². The van der Waals surface area contributed by atoms with Crippen LogP contribution in [0.2, 0.25) is 0 Å². The Bertz CT molecular complexity index is 1410. The Labute approximate surface area is 239 Å². The minimum absolute atomic E-state index is 0.0312. The lowest BCUT2D eigenvalue weighted by atomic mass is 9.87. The number of benzene rings is 3. The van der Waals surface area contributed by atoms with Gasteiger partial charge in [0, 0.05) is 42.3 Å². The molecule has 0 saturated carbocycles. The van der Waals surface area contributed by atoms with Gasteiger partial charge in [0.05, 0.1) is 0 Å². The van der Waals surface area contributed by atoms with Crippen LogP contribution in [-0.4, -0.2) is 46.2 Å². The fraction of sp³-hybridized carbons (Fsp3) is 0.371. The van der Waals surface area contributed by atoms with E-state index in [1.807, 2.05) is 54.4 Å². The van der Waals surface area contributed by atoms with Crippen molar-refractivity contribution in [3.05, 3.63) is 107 Å². The first kappa shape index (κ1) is 29.1. The summed E-state index contributed by atoms with van der Waals surface area (Å²) < 4.78 is 0. The van der Waals surface area contributed by atoms with Crippen LogP contribution in [0.5, 0.6) is 0 Å². The number of fused-ring (bicyclic) bond motifs is 1. The van der Waals surface area contributed by atoms with Gasteiger partial charge in [-0.1, -0.05) is 94.3 Å². The molecule has 2 amide bonds. The number of H-pyrrole nitrogens is 1. The third kappa shape index (κ3) is 7.41. The normalized spacial score (nSPS) is 11.5. The zero-order valence-electron chi connectivity index (χ0n) is 24.7. The molecule has 0 atom stereocenters. The van der Waals surface area contributed by atoms with Crippen molar-refractivity contribution in [2.45, 2.75) is 65.8 Å². The van der Waals surface area contributed by atoms with Crippen LogP contribution in [0.4, 0.5) is 0 Å². The maximum atomic E-state index is 13.9. The van der Waals surface area contributed by atoms with Gasteiger partial charge in [-0.25, -0.2) is 0 Å². The van der Waals surface area contributed by atoms with E-state index in [0.29, 0.717) is 25.2 Å². The molecular formula is C35H43N3O2. The van der Waals surface area contributed by atoms with Gasteiger partial charge < -0.3 is 14.8 Å². The average molecular weight is 538 g/mol. The Kier molecular flexibility index (Phi) is 9.46. The zero-order valence-corrected chi connectivity index (χ0v) is 24.7. The Morgan fingerprint density at radius 1 is 0.850 bits per heavy atom. The molecule has 0 unspecified atom stereocenters. The molecule has 1 N–H and O–H groups in total. The molecule has 0 spiro atoms. The first-order valence-electron chi connectivity index (χ1n) is 14.4. The molecule has 4 aromatic rings. The minimum Gasteiger partial charge on any atom is -0.361 e. The molecule has 4 rings (SSSR count). The van der Waals surface area contributed by atoms with E-state index < -0.39 is 0 Å². The Balaban J connectivity index is 1.56. The summed E-state index contributed by atoms with van der Waals surface area (Å²) in [6, 6.07) is 24.4. The van der Waals surface area contributed by atoms with E-state index in [9.17, 15) is 9.59 Å². The van der Waals surface area contributed by atoms with Crippen LogP contribution in [0, 0.1) is 6.92 Å². The number of aryl methyl sites for hydroxylation is 1. The zero-order chi connectivity index (χ0) is 28.7. The topological polar surface area (TPSA) is 56.4 Å². The van der Waals surface area contributed by atoms with E-state index in [2.05, 4.69) is 69.1 Å². The molecule has 0 aliphatic heterocycles. The number of para-hydroxylation sites is 1. The third-order valence-electron chi connectivity index (χ3n) is 7.57. The van der Waals surface area contributed by atoms with Crippen molar-refractivity contribution >= 4 is 22.7 Å². The van der Waals surface area contributed by atoms with Crippen molar-refractivity contribution in [3.8, 4) is 0 Å². The molecule has 1 heterocycles. The third-order valence-corrected chi connectivity index (χ3v) is 7.57. The largest absolute Gasteiger partial charge is 0.361 e. The van der Waals surface area contributed by atoms with Gasteiger partial charge in [-0.2, -0.15) is 0 Å². The van der Waals surface area contributed by atoms with Gasteiger partial charge in [0.25, 0.3) is 5.91 Å². The van der Waals surface area contributed by atoms with E-state index >= 15 is 0 Å². The van der Waals surface area contributed by atoms with Gasteiger partial charge >= 0.3 is 0 Å². The predicted octanol–water partition coefficient (Wildman–Crippen LogP) is 7.29. The molecular weight excluding hydrogens is 494 g/mol. The highest BCUT2D eigenvalue weighted by Crippen LogP contribution is 2.23. The number of rotatable bonds is 11. The van der Waals surface area contributed by atoms with E-state index in [0.717, 1.165) is 35.9 Å². The summed E-state index contributed by atoms with van der Waals surface area (Å²) >= 11 is 0. The van der Waals surface area contributed by atoms with Crippen molar-refractivity contribution in [1.82, 2.24) is 14.8 Å². The Morgan fingerprint density at radius 3 is 2.23 bits per heavy atom. The van der Waals surface area contributed by atoms with Crippen LogP contribution >= 0.6 is 0 Å². The van der Waals surface area contributed by atoms with Gasteiger partial charge in [-0.05, 0) is 60.1 Å². The number of nitrogens with zero attached hydrogens (tertiary/aromatic N) is 2. The Morgan fingerprint density at radius 2 is 1.55 bits per heavy atom. The molecule has 0 radical (unpaired) electrons. The van der Waals surface area contributed by atoms with Gasteiger partial charge in [-0.3, -0.25) is 9.59 Å². The van der Waals surface area contributed by atoms with E-state index in [1.54, 1.807) is 4.90 Å². The summed E-state index contributed by atoms with van der Waals surface area (Å²) in [5.41, 5.74) is 6.44. The molecule has 5 nitrogen and oxygen atoms in total. The Hall–Kier alpha value is -3.86. The molecule has 1 aromatic heterocycles. The van der Waals surface area contributed by atoms with Crippen molar-refractivity contribution in [2.24, 2.45) is 0 Å². The lowest BCUT2D eigenvalue weighted by molar-refractivity contribution is -0.132. The van der Waals surface area contributed by atoms with Crippen LogP contribution < -0.4 is 0 Å². The highest BCUT2D eigenvalue weighted by Gasteiger charge is 2.23. The SMILES string of the molecule is CCCCN(CC(=O)N(CCc1c[nH]c2ccccc12)Cc1ccc(C(C)(C)C)cc1)C(=O)c1ccc(C)cc1. The minimum atomic E-state index is -0.0899. The van der Waals surface area contributed by atoms with Crippen LogP contribution in [0.3, 0.4) is 0 Å². The summed E-state index contributed by atoms with van der Waals surface area (Å²) in [6.45, 7) is 12.4. The first-order chi connectivity index (χ1) is 19.2. The van der Waals surface area contributed by atoms with Crippen LogP contribution in [0.15, 0.2) is 79.0 Å². The number of nitrogens with one attached hydrogen (secondary N) is 1. The monoisotopic (exact) mass is 537 g/mol. The fourth-order valence-corrected chi connectivity index (χ4v) is 4.96. The molecule has 210 valence electrons. The number of hydrogen-bond donors (Lipinski definition) is 1. The molecule has 40 heavy (non-hydrogen) atoms. The number of hydrogen-bond acceptors (Lipinski definition) is 2. The summed E-state index contributed by atoms with van der Waals surface area (Å²) in [4.78, 5) is 34.3. The first-order valence-corrected chi connectivity index (χ1v) is 14.4. The van der Waals surface area contributed by atoms with Gasteiger partial charge in [-0.15, -0.1) is 0 Å². The van der Waals surface area contributed by atoms with Gasteiger partial charge in [0.1, 0.15) is 6.54 Å². The second-order valence-corrected chi connectivity index (χ2v) is 11.8. The highest BCUT2D eigenvalue weighted by atomic mass is 16.2. The molecule has 0 aliphatic rings. The number of amides is 2. The number of unbranched alkanes of at least 4 members (excludes halogenated alkanes) is 1. The molecule has 0 aliphatic carbocycles. The highest BCUT2D eigenvalue weighted by molar-refractivity contribution is 5.96. The van der Waals surface area contributed by atoms with Crippen LogP contribution in [0.1, 0.15) is 73.1 Å². The van der Waals surface area contributed by atoms with E-state index in [4.69, 9.17) is 0 Å². The van der Waals surface area contributed by atoms with Crippen LogP contribution in [0.25, 0.3) is 10.9 Å². The van der Waals surface area contributed by atoms with E-state index in [-0.39, 0.29) is 23.8 Å². The summed E-state index contributed by atoms with van der Waals surface area (Å²) in [5.74, 6) is -0.121. The number of carbonyl (C=O) groups is 2. The van der Waals surface area contributed by atoms with Crippen molar-refractivity contribution < 1.29 is 9.59 Å². The quantitative estimate of drug-likeness (QED) is 0.218. The van der Waals surface area contributed by atoms with E-state index in [1.165, 1.54) is 16.5 Å². The van der Waals surface area contributed by atoms with Crippen molar-refractivity contribution in [3.63, 3.8) is 0 Å². The maximum Gasteiger partial charge on any atom is 0.254 e. The molecule has 0 fully saturated rings. The second-order valence-electron chi connectivity index (χ2n) is 11.8. The molecule has 5 heteroatoms. The lowest BCUT2D eigenvalue weighted by Gasteiger charge is -2.28. The smallest absolute Gasteiger partial charge is 0.254 e. The number of aromatic amines is 1. The van der Waals surface area contributed by atoms with Gasteiger partial charge in [0.15, 0.2) is 0 Å². The molecule has 0 saturated heterocycles. The summed E-state index contributed by atoms with van der Waals surface area (Å²) in [6.07, 6.45) is 4.58. The second kappa shape index (κ2) is 13.0. The average Bonchev–Trinajstić information content (AvgIpc) is 3.36. The molecule has 0 bridgehead atoms. The number of carbonyl (C=O) groups excluding carboxylic acids is 2. The number of aromatic nitrogens is 1. The van der Waals surface area contributed by atoms with Crippen LogP contribution in [-0.2, 0) is 23.2 Å². The predicted molar refractivity (Wildman–Crippen MR) is 165 cm³/mol. The summed E-state index contributed by atoms with van der Waals surface area (Å²) in [7, 11) is 0.